The SMILES string of the molecule is COc1cccc(-n2nc(-c3cn(CC4CCCCC4)nn3)nc2-c2nc(C(C)C)oc2C)c1. The maximum atomic E-state index is 5.92. The van der Waals surface area contributed by atoms with E-state index in [2.05, 4.69) is 24.2 Å². The second-order valence-corrected chi connectivity index (χ2v) is 9.31. The largest absolute Gasteiger partial charge is 0.497 e. The summed E-state index contributed by atoms with van der Waals surface area (Å²) in [6.07, 6.45) is 8.40. The third-order valence-corrected chi connectivity index (χ3v) is 6.36. The fourth-order valence-electron chi connectivity index (χ4n) is 4.49. The molecule has 178 valence electrons. The second-order valence-electron chi connectivity index (χ2n) is 9.31. The molecule has 3 heterocycles. The summed E-state index contributed by atoms with van der Waals surface area (Å²) < 4.78 is 15.0. The van der Waals surface area contributed by atoms with Crippen molar-refractivity contribution < 1.29 is 9.15 Å². The molecule has 1 aliphatic rings. The molecule has 9 heteroatoms. The van der Waals surface area contributed by atoms with Crippen molar-refractivity contribution in [3.8, 4) is 34.5 Å². The zero-order chi connectivity index (χ0) is 23.7. The van der Waals surface area contributed by atoms with Gasteiger partial charge in [0.1, 0.15) is 17.2 Å². The minimum Gasteiger partial charge on any atom is -0.497 e. The Kier molecular flexibility index (Phi) is 6.17. The molecule has 1 aliphatic carbocycles. The first kappa shape index (κ1) is 22.3. The van der Waals surface area contributed by atoms with Crippen molar-refractivity contribution in [2.24, 2.45) is 5.92 Å². The molecule has 5 rings (SSSR count). The Morgan fingerprint density at radius 1 is 1.15 bits per heavy atom. The lowest BCUT2D eigenvalue weighted by molar-refractivity contribution is 0.305. The van der Waals surface area contributed by atoms with Crippen LogP contribution in [0.1, 0.15) is 63.5 Å². The number of hydrogen-bond acceptors (Lipinski definition) is 7. The number of nitrogens with zero attached hydrogens (tertiary/aromatic N) is 7. The summed E-state index contributed by atoms with van der Waals surface area (Å²) in [5.74, 6) is 4.03. The van der Waals surface area contributed by atoms with Crippen molar-refractivity contribution in [1.29, 1.82) is 0 Å². The average molecular weight is 462 g/mol. The highest BCUT2D eigenvalue weighted by Gasteiger charge is 2.24. The molecule has 3 aromatic heterocycles. The summed E-state index contributed by atoms with van der Waals surface area (Å²) in [5.41, 5.74) is 2.12. The highest BCUT2D eigenvalue weighted by molar-refractivity contribution is 5.60. The summed E-state index contributed by atoms with van der Waals surface area (Å²) >= 11 is 0. The molecule has 0 spiro atoms. The number of hydrogen-bond donors (Lipinski definition) is 0. The van der Waals surface area contributed by atoms with E-state index < -0.39 is 0 Å². The molecule has 0 unspecified atom stereocenters. The van der Waals surface area contributed by atoms with Gasteiger partial charge in [-0.15, -0.1) is 10.2 Å². The van der Waals surface area contributed by atoms with Crippen LogP contribution in [-0.4, -0.2) is 41.9 Å². The van der Waals surface area contributed by atoms with Gasteiger partial charge in [0.15, 0.2) is 17.4 Å². The van der Waals surface area contributed by atoms with Crippen LogP contribution in [0.3, 0.4) is 0 Å². The van der Waals surface area contributed by atoms with E-state index in [0.29, 0.717) is 40.6 Å². The van der Waals surface area contributed by atoms with Crippen LogP contribution in [0.2, 0.25) is 0 Å². The van der Waals surface area contributed by atoms with Crippen LogP contribution >= 0.6 is 0 Å². The van der Waals surface area contributed by atoms with E-state index >= 15 is 0 Å². The van der Waals surface area contributed by atoms with E-state index in [1.165, 1.54) is 32.1 Å². The molecule has 0 N–H and O–H groups in total. The Balaban J connectivity index is 1.54. The third kappa shape index (κ3) is 4.47. The van der Waals surface area contributed by atoms with Gasteiger partial charge in [-0.3, -0.25) is 4.68 Å². The van der Waals surface area contributed by atoms with E-state index in [0.717, 1.165) is 18.0 Å². The number of ether oxygens (including phenoxy) is 1. The molecule has 34 heavy (non-hydrogen) atoms. The van der Waals surface area contributed by atoms with Crippen LogP contribution in [0, 0.1) is 12.8 Å². The lowest BCUT2D eigenvalue weighted by Gasteiger charge is -2.20. The van der Waals surface area contributed by atoms with E-state index in [1.807, 2.05) is 42.1 Å². The molecular formula is C25H31N7O2. The van der Waals surface area contributed by atoms with Crippen LogP contribution in [0.15, 0.2) is 34.9 Å². The van der Waals surface area contributed by atoms with Crippen molar-refractivity contribution in [1.82, 2.24) is 34.7 Å². The van der Waals surface area contributed by atoms with Crippen LogP contribution in [-0.2, 0) is 6.54 Å². The quantitative estimate of drug-likeness (QED) is 0.373. The van der Waals surface area contributed by atoms with Gasteiger partial charge < -0.3 is 9.15 Å². The van der Waals surface area contributed by atoms with E-state index in [-0.39, 0.29) is 5.92 Å². The maximum absolute atomic E-state index is 5.92. The Hall–Kier alpha value is -3.49. The number of aryl methyl sites for hydroxylation is 1. The zero-order valence-corrected chi connectivity index (χ0v) is 20.2. The van der Waals surface area contributed by atoms with Gasteiger partial charge in [-0.05, 0) is 37.8 Å². The van der Waals surface area contributed by atoms with Gasteiger partial charge in [-0.2, -0.15) is 0 Å². The number of rotatable bonds is 7. The van der Waals surface area contributed by atoms with Gasteiger partial charge in [0.25, 0.3) is 0 Å². The Morgan fingerprint density at radius 2 is 1.97 bits per heavy atom. The summed E-state index contributed by atoms with van der Waals surface area (Å²) in [4.78, 5) is 9.58. The molecule has 0 amide bonds. The topological polar surface area (TPSA) is 96.7 Å². The fourth-order valence-corrected chi connectivity index (χ4v) is 4.49. The van der Waals surface area contributed by atoms with Crippen molar-refractivity contribution in [3.63, 3.8) is 0 Å². The summed E-state index contributed by atoms with van der Waals surface area (Å²) in [7, 11) is 1.65. The molecule has 4 aromatic rings. The van der Waals surface area contributed by atoms with Gasteiger partial charge in [-0.1, -0.05) is 44.4 Å². The summed E-state index contributed by atoms with van der Waals surface area (Å²) in [6.45, 7) is 6.89. The van der Waals surface area contributed by atoms with Gasteiger partial charge in [0, 0.05) is 18.5 Å². The third-order valence-electron chi connectivity index (χ3n) is 6.36. The van der Waals surface area contributed by atoms with Crippen molar-refractivity contribution >= 4 is 0 Å². The van der Waals surface area contributed by atoms with Gasteiger partial charge in [0.05, 0.1) is 19.0 Å². The molecule has 1 fully saturated rings. The van der Waals surface area contributed by atoms with Gasteiger partial charge in [0.2, 0.25) is 5.82 Å². The molecule has 0 radical (unpaired) electrons. The van der Waals surface area contributed by atoms with E-state index in [4.69, 9.17) is 24.2 Å². The molecule has 0 bridgehead atoms. The molecule has 1 saturated carbocycles. The normalized spacial score (nSPS) is 14.7. The van der Waals surface area contributed by atoms with Gasteiger partial charge in [-0.25, -0.2) is 14.6 Å². The van der Waals surface area contributed by atoms with Crippen LogP contribution in [0.25, 0.3) is 28.7 Å². The van der Waals surface area contributed by atoms with Crippen molar-refractivity contribution in [2.75, 3.05) is 7.11 Å². The Labute approximate surface area is 199 Å². The monoisotopic (exact) mass is 461 g/mol. The maximum Gasteiger partial charge on any atom is 0.204 e. The Morgan fingerprint density at radius 3 is 2.71 bits per heavy atom. The number of aromatic nitrogens is 7. The predicted octanol–water partition coefficient (Wildman–Crippen LogP) is 5.20. The van der Waals surface area contributed by atoms with Crippen molar-refractivity contribution in [2.45, 2.75) is 65.3 Å². The predicted molar refractivity (Wildman–Crippen MR) is 128 cm³/mol. The molecule has 0 saturated heterocycles. The van der Waals surface area contributed by atoms with Crippen LogP contribution in [0.5, 0.6) is 5.75 Å². The van der Waals surface area contributed by atoms with Crippen molar-refractivity contribution in [3.05, 3.63) is 42.1 Å². The van der Waals surface area contributed by atoms with Crippen LogP contribution in [0.4, 0.5) is 0 Å². The second kappa shape index (κ2) is 9.40. The molecular weight excluding hydrogens is 430 g/mol. The highest BCUT2D eigenvalue weighted by atomic mass is 16.5. The zero-order valence-electron chi connectivity index (χ0n) is 20.2. The van der Waals surface area contributed by atoms with Crippen LogP contribution < -0.4 is 4.74 Å². The minimum atomic E-state index is 0.166. The van der Waals surface area contributed by atoms with Gasteiger partial charge >= 0.3 is 0 Å². The standard InChI is InChI=1S/C25H31N7O2/c1-16(2)25-26-22(17(3)34-25)24-27-23(29-32(24)19-11-8-12-20(13-19)33-4)21-15-31(30-28-21)14-18-9-6-5-7-10-18/h8,11-13,15-16,18H,5-7,9-10,14H2,1-4H3. The molecule has 9 nitrogen and oxygen atoms in total. The first-order chi connectivity index (χ1) is 16.5. The lowest BCUT2D eigenvalue weighted by Crippen LogP contribution is -2.14. The molecule has 0 atom stereocenters. The number of oxazole rings is 1. The molecule has 0 aliphatic heterocycles. The minimum absolute atomic E-state index is 0.166. The summed E-state index contributed by atoms with van der Waals surface area (Å²) in [6, 6.07) is 7.70. The lowest BCUT2D eigenvalue weighted by atomic mass is 9.89. The summed E-state index contributed by atoms with van der Waals surface area (Å²) in [5, 5.41) is 13.6. The fraction of sp³-hybridized carbons (Fsp3) is 0.480. The van der Waals surface area contributed by atoms with E-state index in [1.54, 1.807) is 11.8 Å². The molecule has 1 aromatic carbocycles. The average Bonchev–Trinajstić information content (AvgIpc) is 3.58. The smallest absolute Gasteiger partial charge is 0.204 e. The van der Waals surface area contributed by atoms with E-state index in [9.17, 15) is 0 Å². The Bertz CT molecular complexity index is 1260. The highest BCUT2D eigenvalue weighted by Crippen LogP contribution is 2.30. The number of benzene rings is 1. The first-order valence-electron chi connectivity index (χ1n) is 12.0. The first-order valence-corrected chi connectivity index (χ1v) is 12.0. The number of methoxy groups -OCH3 is 1.